The smallest absolute Gasteiger partial charge is 0.410 e. The van der Waals surface area contributed by atoms with Gasteiger partial charge in [-0.2, -0.15) is 5.10 Å². The molecule has 7 heteroatoms. The fraction of sp³-hybridized carbons (Fsp3) is 0.750. The molecule has 0 aliphatic carbocycles. The number of rotatable bonds is 5. The Morgan fingerprint density at radius 1 is 1.39 bits per heavy atom. The van der Waals surface area contributed by atoms with Crippen LogP contribution in [0.15, 0.2) is 6.33 Å². The molecule has 0 spiro atoms. The molecule has 2 rings (SSSR count). The van der Waals surface area contributed by atoms with Crippen molar-refractivity contribution >= 4 is 11.9 Å². The zero-order chi connectivity index (χ0) is 17.0. The number of ketones is 1. The predicted octanol–water partition coefficient (Wildman–Crippen LogP) is 2.06. The summed E-state index contributed by atoms with van der Waals surface area (Å²) in [4.78, 5) is 30.3. The van der Waals surface area contributed by atoms with Crippen LogP contribution in [0.3, 0.4) is 0 Å². The van der Waals surface area contributed by atoms with Crippen molar-refractivity contribution in [2.45, 2.75) is 59.1 Å². The number of aryl methyl sites for hydroxylation is 1. The van der Waals surface area contributed by atoms with Crippen molar-refractivity contribution in [3.05, 3.63) is 12.2 Å². The normalized spacial score (nSPS) is 18.3. The van der Waals surface area contributed by atoms with Gasteiger partial charge in [-0.1, -0.05) is 6.92 Å². The highest BCUT2D eigenvalue weighted by Gasteiger charge is 2.33. The molecule has 23 heavy (non-hydrogen) atoms. The fourth-order valence-electron chi connectivity index (χ4n) is 2.64. The first-order valence-electron chi connectivity index (χ1n) is 8.17. The molecule has 7 nitrogen and oxygen atoms in total. The quantitative estimate of drug-likeness (QED) is 0.829. The van der Waals surface area contributed by atoms with Crippen molar-refractivity contribution in [3.63, 3.8) is 0 Å². The minimum Gasteiger partial charge on any atom is -0.444 e. The highest BCUT2D eigenvalue weighted by Crippen LogP contribution is 2.21. The van der Waals surface area contributed by atoms with Gasteiger partial charge in [0.15, 0.2) is 0 Å². The molecule has 0 N–H and O–H groups in total. The van der Waals surface area contributed by atoms with Gasteiger partial charge in [0.05, 0.1) is 6.42 Å². The van der Waals surface area contributed by atoms with Crippen LogP contribution in [0.25, 0.3) is 0 Å². The third-order valence-corrected chi connectivity index (χ3v) is 3.76. The Labute approximate surface area is 137 Å². The van der Waals surface area contributed by atoms with Crippen LogP contribution in [0, 0.1) is 5.92 Å². The van der Waals surface area contributed by atoms with Crippen LogP contribution in [0.5, 0.6) is 0 Å². The zero-order valence-corrected chi connectivity index (χ0v) is 14.4. The van der Waals surface area contributed by atoms with E-state index in [-0.39, 0.29) is 24.2 Å². The Bertz CT molecular complexity index is 562. The lowest BCUT2D eigenvalue weighted by atomic mass is 10.0. The van der Waals surface area contributed by atoms with Crippen LogP contribution in [0.1, 0.15) is 46.4 Å². The maximum absolute atomic E-state index is 12.5. The molecule has 0 bridgehead atoms. The number of hydrogen-bond donors (Lipinski definition) is 0. The molecule has 1 aliphatic heterocycles. The number of nitrogens with zero attached hydrogens (tertiary/aromatic N) is 4. The molecule has 1 fully saturated rings. The topological polar surface area (TPSA) is 77.3 Å². The van der Waals surface area contributed by atoms with Crippen LogP contribution in [0.4, 0.5) is 4.79 Å². The zero-order valence-electron chi connectivity index (χ0n) is 14.4. The second-order valence-corrected chi connectivity index (χ2v) is 6.95. The van der Waals surface area contributed by atoms with Crippen molar-refractivity contribution in [3.8, 4) is 0 Å². The van der Waals surface area contributed by atoms with E-state index < -0.39 is 5.60 Å². The molecule has 1 aromatic heterocycles. The van der Waals surface area contributed by atoms with Crippen LogP contribution in [0.2, 0.25) is 0 Å². The average molecular weight is 322 g/mol. The maximum atomic E-state index is 12.5. The summed E-state index contributed by atoms with van der Waals surface area (Å²) in [6.07, 6.45) is 3.04. The monoisotopic (exact) mass is 322 g/mol. The van der Waals surface area contributed by atoms with Crippen LogP contribution in [-0.2, 0) is 22.5 Å². The predicted molar refractivity (Wildman–Crippen MR) is 84.9 cm³/mol. The van der Waals surface area contributed by atoms with E-state index in [0.29, 0.717) is 25.3 Å². The van der Waals surface area contributed by atoms with E-state index in [9.17, 15) is 9.59 Å². The van der Waals surface area contributed by atoms with Gasteiger partial charge in [-0.25, -0.2) is 14.5 Å². The molecule has 1 aliphatic rings. The maximum Gasteiger partial charge on any atom is 0.410 e. The standard InChI is InChI=1S/C16H26N4O3/c1-5-7-20-14(17-11-18-20)9-13(21)12-6-8-19(10-12)15(22)23-16(2,3)4/h11-12H,5-10H2,1-4H3. The second kappa shape index (κ2) is 7.10. The van der Waals surface area contributed by atoms with Gasteiger partial charge in [-0.3, -0.25) is 4.79 Å². The summed E-state index contributed by atoms with van der Waals surface area (Å²) in [5.41, 5.74) is -0.518. The van der Waals surface area contributed by atoms with E-state index >= 15 is 0 Å². The minimum atomic E-state index is -0.518. The Balaban J connectivity index is 1.90. The number of hydrogen-bond acceptors (Lipinski definition) is 5. The van der Waals surface area contributed by atoms with Gasteiger partial charge >= 0.3 is 6.09 Å². The van der Waals surface area contributed by atoms with Gasteiger partial charge in [-0.05, 0) is 33.6 Å². The molecular weight excluding hydrogens is 296 g/mol. The molecule has 1 aromatic rings. The summed E-state index contributed by atoms with van der Waals surface area (Å²) >= 11 is 0. The first-order valence-corrected chi connectivity index (χ1v) is 8.17. The van der Waals surface area contributed by atoms with E-state index in [4.69, 9.17) is 4.74 Å². The number of aromatic nitrogens is 3. The Morgan fingerprint density at radius 3 is 2.78 bits per heavy atom. The molecule has 1 saturated heterocycles. The number of likely N-dealkylation sites (tertiary alicyclic amines) is 1. The van der Waals surface area contributed by atoms with E-state index in [1.54, 1.807) is 9.58 Å². The summed E-state index contributed by atoms with van der Waals surface area (Å²) in [7, 11) is 0. The fourth-order valence-corrected chi connectivity index (χ4v) is 2.64. The van der Waals surface area contributed by atoms with Crippen molar-refractivity contribution in [1.29, 1.82) is 0 Å². The summed E-state index contributed by atoms with van der Waals surface area (Å²) < 4.78 is 7.13. The summed E-state index contributed by atoms with van der Waals surface area (Å²) in [5.74, 6) is 0.670. The van der Waals surface area contributed by atoms with Gasteiger partial charge in [0.1, 0.15) is 23.5 Å². The number of ether oxygens (including phenoxy) is 1. The highest BCUT2D eigenvalue weighted by atomic mass is 16.6. The van der Waals surface area contributed by atoms with Crippen molar-refractivity contribution in [2.24, 2.45) is 5.92 Å². The Hall–Kier alpha value is -1.92. The first-order chi connectivity index (χ1) is 10.8. The van der Waals surface area contributed by atoms with E-state index in [1.807, 2.05) is 20.8 Å². The number of carbonyl (C=O) groups is 2. The minimum absolute atomic E-state index is 0.112. The molecule has 0 saturated carbocycles. The molecule has 1 amide bonds. The van der Waals surface area contributed by atoms with E-state index in [0.717, 1.165) is 13.0 Å². The number of Topliss-reactive ketones (excluding diaryl/α,β-unsaturated/α-hetero) is 1. The third kappa shape index (κ3) is 4.77. The Morgan fingerprint density at radius 2 is 2.13 bits per heavy atom. The molecule has 2 heterocycles. The van der Waals surface area contributed by atoms with Crippen molar-refractivity contribution in [2.75, 3.05) is 13.1 Å². The van der Waals surface area contributed by atoms with Gasteiger partial charge in [-0.15, -0.1) is 0 Å². The summed E-state index contributed by atoms with van der Waals surface area (Å²) in [6, 6.07) is 0. The third-order valence-electron chi connectivity index (χ3n) is 3.76. The molecular formula is C16H26N4O3. The summed E-state index contributed by atoms with van der Waals surface area (Å²) in [6.45, 7) is 9.32. The number of carbonyl (C=O) groups excluding carboxylic acids is 2. The van der Waals surface area contributed by atoms with Gasteiger partial charge in [0.2, 0.25) is 0 Å². The molecule has 128 valence electrons. The second-order valence-electron chi connectivity index (χ2n) is 6.95. The highest BCUT2D eigenvalue weighted by molar-refractivity contribution is 5.84. The lowest BCUT2D eigenvalue weighted by Crippen LogP contribution is -2.36. The van der Waals surface area contributed by atoms with E-state index in [1.165, 1.54) is 6.33 Å². The average Bonchev–Trinajstić information content (AvgIpc) is 3.07. The van der Waals surface area contributed by atoms with Gasteiger partial charge < -0.3 is 9.64 Å². The van der Waals surface area contributed by atoms with Crippen LogP contribution < -0.4 is 0 Å². The van der Waals surface area contributed by atoms with Gasteiger partial charge in [0, 0.05) is 25.6 Å². The van der Waals surface area contributed by atoms with E-state index in [2.05, 4.69) is 17.0 Å². The SMILES string of the molecule is CCCn1ncnc1CC(=O)C1CCN(C(=O)OC(C)(C)C)C1. The first kappa shape index (κ1) is 17.4. The van der Waals surface area contributed by atoms with Gasteiger partial charge in [0.25, 0.3) is 0 Å². The largest absolute Gasteiger partial charge is 0.444 e. The molecule has 0 aromatic carbocycles. The van der Waals surface area contributed by atoms with Crippen LogP contribution in [-0.4, -0.2) is 50.2 Å². The number of amides is 1. The lowest BCUT2D eigenvalue weighted by molar-refractivity contribution is -0.121. The molecule has 1 unspecified atom stereocenters. The van der Waals surface area contributed by atoms with Crippen LogP contribution >= 0.6 is 0 Å². The van der Waals surface area contributed by atoms with Crippen molar-refractivity contribution in [1.82, 2.24) is 19.7 Å². The molecule has 0 radical (unpaired) electrons. The summed E-state index contributed by atoms with van der Waals surface area (Å²) in [5, 5.41) is 4.14. The Kier molecular flexibility index (Phi) is 5.38. The molecule has 1 atom stereocenters. The van der Waals surface area contributed by atoms with Crippen molar-refractivity contribution < 1.29 is 14.3 Å². The lowest BCUT2D eigenvalue weighted by Gasteiger charge is -2.24.